The Bertz CT molecular complexity index is 540. The van der Waals surface area contributed by atoms with Gasteiger partial charge in [-0.15, -0.1) is 0 Å². The summed E-state index contributed by atoms with van der Waals surface area (Å²) in [6.45, 7) is 0. The molecule has 2 aromatic rings. The van der Waals surface area contributed by atoms with E-state index >= 15 is 0 Å². The number of hydrogen-bond acceptors (Lipinski definition) is 7. The van der Waals surface area contributed by atoms with Gasteiger partial charge in [0.2, 0.25) is 11.6 Å². The molecule has 3 N–H and O–H groups in total. The van der Waals surface area contributed by atoms with Crippen LogP contribution in [-0.2, 0) is 0 Å². The lowest BCUT2D eigenvalue weighted by molar-refractivity contribution is 0.342. The third-order valence-corrected chi connectivity index (χ3v) is 2.38. The Balaban J connectivity index is 2.36. The molecule has 7 heteroatoms. The van der Waals surface area contributed by atoms with Crippen molar-refractivity contribution in [3.63, 3.8) is 0 Å². The standard InChI is InChI=1S/C12H14N4O3/c1-17-8-4-3-5-9(18-2)12(8)19-11-6-10(16-13)14-7-15-11/h3-7H,13H2,1-2H3,(H,14,15,16). The molecule has 0 unspecified atom stereocenters. The van der Waals surface area contributed by atoms with Crippen molar-refractivity contribution in [2.24, 2.45) is 5.84 Å². The van der Waals surface area contributed by atoms with E-state index in [2.05, 4.69) is 15.4 Å². The fourth-order valence-corrected chi connectivity index (χ4v) is 1.50. The molecule has 0 atom stereocenters. The molecular weight excluding hydrogens is 248 g/mol. The topological polar surface area (TPSA) is 91.5 Å². The van der Waals surface area contributed by atoms with Gasteiger partial charge in [0.05, 0.1) is 14.2 Å². The number of nitrogens with two attached hydrogens (primary N) is 1. The molecule has 7 nitrogen and oxygen atoms in total. The predicted octanol–water partition coefficient (Wildman–Crippen LogP) is 1.57. The molecule has 0 aliphatic heterocycles. The number of nitrogen functional groups attached to an aromatic ring is 1. The van der Waals surface area contributed by atoms with E-state index in [1.165, 1.54) is 6.33 Å². The van der Waals surface area contributed by atoms with Crippen LogP contribution in [0, 0.1) is 0 Å². The van der Waals surface area contributed by atoms with E-state index in [1.807, 2.05) is 0 Å². The van der Waals surface area contributed by atoms with Crippen molar-refractivity contribution in [1.29, 1.82) is 0 Å². The average Bonchev–Trinajstić information content (AvgIpc) is 2.47. The van der Waals surface area contributed by atoms with E-state index in [-0.39, 0.29) is 0 Å². The first-order valence-electron chi connectivity index (χ1n) is 5.46. The minimum absolute atomic E-state index is 0.325. The van der Waals surface area contributed by atoms with Gasteiger partial charge in [-0.05, 0) is 12.1 Å². The van der Waals surface area contributed by atoms with Gasteiger partial charge in [0.25, 0.3) is 0 Å². The highest BCUT2D eigenvalue weighted by molar-refractivity contribution is 5.53. The van der Waals surface area contributed by atoms with Crippen molar-refractivity contribution in [2.45, 2.75) is 0 Å². The lowest BCUT2D eigenvalue weighted by Crippen LogP contribution is -2.08. The van der Waals surface area contributed by atoms with Gasteiger partial charge in [-0.25, -0.2) is 15.8 Å². The monoisotopic (exact) mass is 262 g/mol. The Morgan fingerprint density at radius 1 is 1.11 bits per heavy atom. The average molecular weight is 262 g/mol. The van der Waals surface area contributed by atoms with E-state index in [4.69, 9.17) is 20.1 Å². The molecule has 2 rings (SSSR count). The number of aromatic nitrogens is 2. The maximum Gasteiger partial charge on any atom is 0.224 e. The van der Waals surface area contributed by atoms with Crippen LogP contribution in [0.25, 0.3) is 0 Å². The van der Waals surface area contributed by atoms with Gasteiger partial charge < -0.3 is 19.6 Å². The Labute approximate surface area is 110 Å². The molecule has 19 heavy (non-hydrogen) atoms. The van der Waals surface area contributed by atoms with Crippen LogP contribution in [0.1, 0.15) is 0 Å². The second-order valence-corrected chi connectivity index (χ2v) is 3.48. The van der Waals surface area contributed by atoms with Crippen molar-refractivity contribution in [3.8, 4) is 23.1 Å². The van der Waals surface area contributed by atoms with E-state index in [0.717, 1.165) is 0 Å². The summed E-state index contributed by atoms with van der Waals surface area (Å²) in [5.74, 6) is 7.57. The highest BCUT2D eigenvalue weighted by Crippen LogP contribution is 2.39. The number of anilines is 1. The fraction of sp³-hybridized carbons (Fsp3) is 0.167. The number of hydrazine groups is 1. The van der Waals surface area contributed by atoms with E-state index < -0.39 is 0 Å². The maximum absolute atomic E-state index is 5.67. The minimum Gasteiger partial charge on any atom is -0.493 e. The lowest BCUT2D eigenvalue weighted by atomic mass is 10.3. The molecule has 1 aromatic heterocycles. The summed E-state index contributed by atoms with van der Waals surface area (Å²) in [5.41, 5.74) is 2.42. The van der Waals surface area contributed by atoms with Crippen molar-refractivity contribution in [1.82, 2.24) is 9.97 Å². The largest absolute Gasteiger partial charge is 0.493 e. The van der Waals surface area contributed by atoms with Gasteiger partial charge in [0.15, 0.2) is 11.5 Å². The van der Waals surface area contributed by atoms with Crippen LogP contribution in [0.3, 0.4) is 0 Å². The molecule has 0 bridgehead atoms. The summed E-state index contributed by atoms with van der Waals surface area (Å²) in [5, 5.41) is 0. The van der Waals surface area contributed by atoms with Crippen LogP contribution in [0.4, 0.5) is 5.82 Å². The molecule has 0 aliphatic carbocycles. The molecule has 0 amide bonds. The number of nitrogens with one attached hydrogen (secondary N) is 1. The zero-order chi connectivity index (χ0) is 13.7. The quantitative estimate of drug-likeness (QED) is 0.624. The highest BCUT2D eigenvalue weighted by Gasteiger charge is 2.13. The third kappa shape index (κ3) is 2.83. The van der Waals surface area contributed by atoms with E-state index in [9.17, 15) is 0 Å². The molecule has 0 fully saturated rings. The van der Waals surface area contributed by atoms with Gasteiger partial charge in [0.1, 0.15) is 12.1 Å². The number of rotatable bonds is 5. The van der Waals surface area contributed by atoms with Crippen LogP contribution in [0.2, 0.25) is 0 Å². The predicted molar refractivity (Wildman–Crippen MR) is 69.5 cm³/mol. The lowest BCUT2D eigenvalue weighted by Gasteiger charge is -2.13. The Hall–Kier alpha value is -2.54. The SMILES string of the molecule is COc1cccc(OC)c1Oc1cc(NN)ncn1. The summed E-state index contributed by atoms with van der Waals surface area (Å²) in [6.07, 6.45) is 1.34. The summed E-state index contributed by atoms with van der Waals surface area (Å²) in [7, 11) is 3.10. The summed E-state index contributed by atoms with van der Waals surface area (Å²) in [4.78, 5) is 7.89. The van der Waals surface area contributed by atoms with Gasteiger partial charge in [-0.1, -0.05) is 6.07 Å². The zero-order valence-electron chi connectivity index (χ0n) is 10.6. The summed E-state index contributed by atoms with van der Waals surface area (Å²) < 4.78 is 16.1. The molecule has 0 saturated heterocycles. The zero-order valence-corrected chi connectivity index (χ0v) is 10.6. The Morgan fingerprint density at radius 3 is 2.37 bits per heavy atom. The van der Waals surface area contributed by atoms with Gasteiger partial charge >= 0.3 is 0 Å². The molecule has 0 aliphatic rings. The summed E-state index contributed by atoms with van der Waals surface area (Å²) >= 11 is 0. The van der Waals surface area contributed by atoms with Crippen molar-refractivity contribution < 1.29 is 14.2 Å². The molecule has 100 valence electrons. The Kier molecular flexibility index (Phi) is 3.99. The fourth-order valence-electron chi connectivity index (χ4n) is 1.50. The highest BCUT2D eigenvalue weighted by atomic mass is 16.5. The van der Waals surface area contributed by atoms with Gasteiger partial charge in [-0.3, -0.25) is 0 Å². The van der Waals surface area contributed by atoms with Crippen LogP contribution in [-0.4, -0.2) is 24.2 Å². The number of ether oxygens (including phenoxy) is 3. The maximum atomic E-state index is 5.67. The molecule has 1 aromatic carbocycles. The first-order chi connectivity index (χ1) is 9.28. The minimum atomic E-state index is 0.325. The van der Waals surface area contributed by atoms with Crippen LogP contribution in [0.15, 0.2) is 30.6 Å². The summed E-state index contributed by atoms with van der Waals surface area (Å²) in [6, 6.07) is 6.89. The number of nitrogens with zero attached hydrogens (tertiary/aromatic N) is 2. The van der Waals surface area contributed by atoms with Crippen molar-refractivity contribution in [3.05, 3.63) is 30.6 Å². The first-order valence-corrected chi connectivity index (χ1v) is 5.46. The molecule has 0 radical (unpaired) electrons. The van der Waals surface area contributed by atoms with E-state index in [1.54, 1.807) is 38.5 Å². The third-order valence-electron chi connectivity index (χ3n) is 2.38. The second-order valence-electron chi connectivity index (χ2n) is 3.48. The molecule has 0 spiro atoms. The normalized spacial score (nSPS) is 9.84. The number of hydrogen-bond donors (Lipinski definition) is 2. The van der Waals surface area contributed by atoms with Crippen LogP contribution < -0.4 is 25.5 Å². The molecular formula is C12H14N4O3. The number of benzene rings is 1. The first kappa shape index (κ1) is 12.9. The number of methoxy groups -OCH3 is 2. The number of para-hydroxylation sites is 1. The smallest absolute Gasteiger partial charge is 0.224 e. The van der Waals surface area contributed by atoms with Crippen molar-refractivity contribution in [2.75, 3.05) is 19.6 Å². The van der Waals surface area contributed by atoms with Gasteiger partial charge in [-0.2, -0.15) is 0 Å². The van der Waals surface area contributed by atoms with Crippen molar-refractivity contribution >= 4 is 5.82 Å². The molecule has 1 heterocycles. The van der Waals surface area contributed by atoms with Crippen LogP contribution >= 0.6 is 0 Å². The van der Waals surface area contributed by atoms with E-state index in [0.29, 0.717) is 28.9 Å². The van der Waals surface area contributed by atoms with Crippen LogP contribution in [0.5, 0.6) is 23.1 Å². The Morgan fingerprint density at radius 2 is 1.79 bits per heavy atom. The molecule has 0 saturated carbocycles. The second kappa shape index (κ2) is 5.87. The van der Waals surface area contributed by atoms with Gasteiger partial charge in [0, 0.05) is 6.07 Å².